The van der Waals surface area contributed by atoms with Crippen molar-refractivity contribution in [2.24, 2.45) is 0 Å². The zero-order chi connectivity index (χ0) is 19.1. The van der Waals surface area contributed by atoms with Gasteiger partial charge in [0.25, 0.3) is 0 Å². The quantitative estimate of drug-likeness (QED) is 0.511. The first-order valence-electron chi connectivity index (χ1n) is 7.84. The van der Waals surface area contributed by atoms with Gasteiger partial charge in [-0.2, -0.15) is 4.98 Å². The Morgan fingerprint density at radius 3 is 2.41 bits per heavy atom. The summed E-state index contributed by atoms with van der Waals surface area (Å²) in [5.41, 5.74) is 8.02. The van der Waals surface area contributed by atoms with Gasteiger partial charge >= 0.3 is 5.69 Å². The van der Waals surface area contributed by atoms with E-state index in [1.807, 2.05) is 0 Å². The third-order valence-electron chi connectivity index (χ3n) is 4.08. The van der Waals surface area contributed by atoms with Crippen molar-refractivity contribution in [2.45, 2.75) is 0 Å². The molecule has 27 heavy (non-hydrogen) atoms. The minimum absolute atomic E-state index is 0.129. The second-order valence-corrected chi connectivity index (χ2v) is 6.68. The number of H-pyrrole nitrogens is 1. The first kappa shape index (κ1) is 17.5. The highest BCUT2D eigenvalue weighted by atomic mass is 35.5. The lowest BCUT2D eigenvalue weighted by Crippen LogP contribution is -2.14. The summed E-state index contributed by atoms with van der Waals surface area (Å²) in [4.78, 5) is 22.6. The molecule has 0 atom stereocenters. The molecule has 0 bridgehead atoms. The molecule has 0 aliphatic heterocycles. The molecule has 0 unspecified atom stereocenters. The predicted octanol–water partition coefficient (Wildman–Crippen LogP) is 4.68. The van der Waals surface area contributed by atoms with Crippen LogP contribution in [0.15, 0.2) is 53.3 Å². The molecule has 2 aromatic carbocycles. The highest BCUT2D eigenvalue weighted by Gasteiger charge is 2.16. The molecule has 2 aromatic heterocycles. The van der Waals surface area contributed by atoms with Gasteiger partial charge in [0.1, 0.15) is 11.6 Å². The van der Waals surface area contributed by atoms with Crippen LogP contribution >= 0.6 is 23.2 Å². The number of anilines is 1. The van der Waals surface area contributed by atoms with Gasteiger partial charge in [0, 0.05) is 21.2 Å². The number of nitrogens with one attached hydrogen (secondary N) is 1. The lowest BCUT2D eigenvalue weighted by molar-refractivity contribution is 0.628. The van der Waals surface area contributed by atoms with Crippen LogP contribution in [0, 0.1) is 5.82 Å². The normalized spacial score (nSPS) is 11.1. The second-order valence-electron chi connectivity index (χ2n) is 5.84. The molecule has 0 saturated heterocycles. The van der Waals surface area contributed by atoms with Crippen molar-refractivity contribution in [1.82, 2.24) is 15.0 Å². The number of benzene rings is 2. The van der Waals surface area contributed by atoms with Crippen LogP contribution < -0.4 is 11.4 Å². The zero-order valence-corrected chi connectivity index (χ0v) is 15.1. The second kappa shape index (κ2) is 6.64. The molecule has 4 aromatic rings. The molecule has 0 saturated carbocycles. The summed E-state index contributed by atoms with van der Waals surface area (Å²) in [5.74, 6) is -0.233. The van der Waals surface area contributed by atoms with E-state index in [1.54, 1.807) is 36.4 Å². The standard InChI is InChI=1S/C19H11Cl2FN4O/c20-10-3-6-12(14(21)7-10)13-8-15(9-1-4-11(22)5-2-9)24-18-16(13)17(23)25-19(27)26-18/h1-8H,(H3,23,24,25,26,27). The highest BCUT2D eigenvalue weighted by molar-refractivity contribution is 6.36. The fraction of sp³-hybridized carbons (Fsp3) is 0. The number of nitrogens with two attached hydrogens (primary N) is 1. The summed E-state index contributed by atoms with van der Waals surface area (Å²) in [6.07, 6.45) is 0. The molecule has 8 heteroatoms. The number of nitrogen functional groups attached to an aromatic ring is 1. The molecule has 0 aliphatic carbocycles. The number of hydrogen-bond donors (Lipinski definition) is 2. The van der Waals surface area contributed by atoms with E-state index in [0.717, 1.165) is 0 Å². The number of rotatable bonds is 2. The largest absolute Gasteiger partial charge is 0.385 e. The Morgan fingerprint density at radius 2 is 1.70 bits per heavy atom. The monoisotopic (exact) mass is 400 g/mol. The maximum Gasteiger partial charge on any atom is 0.348 e. The van der Waals surface area contributed by atoms with Crippen LogP contribution in [0.1, 0.15) is 0 Å². The summed E-state index contributed by atoms with van der Waals surface area (Å²) in [6.45, 7) is 0. The van der Waals surface area contributed by atoms with Crippen LogP contribution in [0.2, 0.25) is 10.0 Å². The van der Waals surface area contributed by atoms with E-state index < -0.39 is 5.69 Å². The first-order chi connectivity index (χ1) is 12.9. The van der Waals surface area contributed by atoms with E-state index in [2.05, 4.69) is 15.0 Å². The molecule has 3 N–H and O–H groups in total. The summed E-state index contributed by atoms with van der Waals surface area (Å²) in [7, 11) is 0. The molecule has 0 amide bonds. The van der Waals surface area contributed by atoms with Gasteiger partial charge in [0.15, 0.2) is 5.65 Å². The van der Waals surface area contributed by atoms with E-state index in [-0.39, 0.29) is 17.3 Å². The Kier molecular flexibility index (Phi) is 4.30. The minimum atomic E-state index is -0.614. The van der Waals surface area contributed by atoms with E-state index in [9.17, 15) is 9.18 Å². The zero-order valence-electron chi connectivity index (χ0n) is 13.6. The number of pyridine rings is 1. The fourth-order valence-electron chi connectivity index (χ4n) is 2.87. The molecule has 0 fully saturated rings. The Balaban J connectivity index is 2.08. The molecule has 0 radical (unpaired) electrons. The number of hydrogen-bond acceptors (Lipinski definition) is 4. The average Bonchev–Trinajstić information content (AvgIpc) is 2.61. The molecular weight excluding hydrogens is 390 g/mol. The van der Waals surface area contributed by atoms with Gasteiger partial charge in [0.05, 0.1) is 11.1 Å². The van der Waals surface area contributed by atoms with Crippen LogP contribution in [0.5, 0.6) is 0 Å². The molecule has 0 spiro atoms. The SMILES string of the molecule is Nc1[nH]c(=O)nc2nc(-c3ccc(F)cc3)cc(-c3ccc(Cl)cc3Cl)c12. The number of fused-ring (bicyclic) bond motifs is 1. The Hall–Kier alpha value is -2.96. The van der Waals surface area contributed by atoms with Crippen molar-refractivity contribution in [1.29, 1.82) is 0 Å². The number of aromatic amines is 1. The van der Waals surface area contributed by atoms with Crippen LogP contribution in [0.25, 0.3) is 33.4 Å². The van der Waals surface area contributed by atoms with Crippen molar-refractivity contribution in [3.63, 3.8) is 0 Å². The van der Waals surface area contributed by atoms with Crippen molar-refractivity contribution in [2.75, 3.05) is 5.73 Å². The van der Waals surface area contributed by atoms with Crippen LogP contribution in [0.3, 0.4) is 0 Å². The maximum atomic E-state index is 13.3. The van der Waals surface area contributed by atoms with Crippen LogP contribution in [-0.2, 0) is 0 Å². The van der Waals surface area contributed by atoms with Gasteiger partial charge < -0.3 is 5.73 Å². The third kappa shape index (κ3) is 3.25. The van der Waals surface area contributed by atoms with Gasteiger partial charge in [-0.3, -0.25) is 4.98 Å². The Morgan fingerprint density at radius 1 is 0.963 bits per heavy atom. The smallest absolute Gasteiger partial charge is 0.348 e. The van der Waals surface area contributed by atoms with E-state index in [1.165, 1.54) is 12.1 Å². The fourth-order valence-corrected chi connectivity index (χ4v) is 3.38. The minimum Gasteiger partial charge on any atom is -0.385 e. The van der Waals surface area contributed by atoms with Crippen molar-refractivity contribution < 1.29 is 4.39 Å². The van der Waals surface area contributed by atoms with E-state index in [4.69, 9.17) is 28.9 Å². The van der Waals surface area contributed by atoms with E-state index >= 15 is 0 Å². The van der Waals surface area contributed by atoms with Gasteiger partial charge in [-0.25, -0.2) is 14.2 Å². The predicted molar refractivity (Wildman–Crippen MR) is 105 cm³/mol. The van der Waals surface area contributed by atoms with Crippen LogP contribution in [-0.4, -0.2) is 15.0 Å². The highest BCUT2D eigenvalue weighted by Crippen LogP contribution is 2.37. The number of halogens is 3. The van der Waals surface area contributed by atoms with Crippen molar-refractivity contribution in [3.05, 3.63) is 74.9 Å². The summed E-state index contributed by atoms with van der Waals surface area (Å²) in [5, 5.41) is 1.36. The summed E-state index contributed by atoms with van der Waals surface area (Å²) >= 11 is 12.4. The lowest BCUT2D eigenvalue weighted by atomic mass is 9.99. The Labute approximate surface area is 162 Å². The van der Waals surface area contributed by atoms with Crippen molar-refractivity contribution in [3.8, 4) is 22.4 Å². The molecule has 2 heterocycles. The molecule has 0 aliphatic rings. The Bertz CT molecular complexity index is 1240. The topological polar surface area (TPSA) is 84.7 Å². The first-order valence-corrected chi connectivity index (χ1v) is 8.60. The van der Waals surface area contributed by atoms with Gasteiger partial charge in [-0.1, -0.05) is 29.3 Å². The average molecular weight is 401 g/mol. The van der Waals surface area contributed by atoms with Crippen LogP contribution in [0.4, 0.5) is 10.2 Å². The number of nitrogens with zero attached hydrogens (tertiary/aromatic N) is 2. The van der Waals surface area contributed by atoms with Gasteiger partial charge in [-0.15, -0.1) is 0 Å². The number of aromatic nitrogens is 3. The molecule has 134 valence electrons. The van der Waals surface area contributed by atoms with Crippen molar-refractivity contribution >= 4 is 40.1 Å². The molecule has 5 nitrogen and oxygen atoms in total. The third-order valence-corrected chi connectivity index (χ3v) is 4.63. The van der Waals surface area contributed by atoms with Gasteiger partial charge in [-0.05, 0) is 48.0 Å². The summed E-state index contributed by atoms with van der Waals surface area (Å²) < 4.78 is 13.3. The maximum absolute atomic E-state index is 13.3. The molecule has 4 rings (SSSR count). The summed E-state index contributed by atoms with van der Waals surface area (Å²) in [6, 6.07) is 12.7. The molecular formula is C19H11Cl2FN4O. The van der Waals surface area contributed by atoms with Gasteiger partial charge in [0.2, 0.25) is 0 Å². The lowest BCUT2D eigenvalue weighted by Gasteiger charge is -2.12. The van der Waals surface area contributed by atoms with E-state index in [0.29, 0.717) is 37.8 Å².